The standard InChI is InChI=1S/C12H7ClF3NO/c13-12-11(16)4-8(5-17-12)18-6-7-1-2-9(14)10(15)3-7/h1-5H,6H2. The van der Waals surface area contributed by atoms with Crippen molar-refractivity contribution in [1.29, 1.82) is 0 Å². The summed E-state index contributed by atoms with van der Waals surface area (Å²) in [5.41, 5.74) is 0.421. The van der Waals surface area contributed by atoms with Crippen LogP contribution in [0.1, 0.15) is 5.56 Å². The predicted molar refractivity (Wildman–Crippen MR) is 59.9 cm³/mol. The quantitative estimate of drug-likeness (QED) is 0.795. The van der Waals surface area contributed by atoms with E-state index in [1.165, 1.54) is 12.3 Å². The molecule has 1 aromatic heterocycles. The topological polar surface area (TPSA) is 22.1 Å². The fourth-order valence-electron chi connectivity index (χ4n) is 1.28. The minimum Gasteiger partial charge on any atom is -0.487 e. The predicted octanol–water partition coefficient (Wildman–Crippen LogP) is 3.73. The van der Waals surface area contributed by atoms with E-state index in [-0.39, 0.29) is 17.5 Å². The Labute approximate surface area is 106 Å². The minimum atomic E-state index is -0.962. The molecule has 0 aliphatic heterocycles. The van der Waals surface area contributed by atoms with Gasteiger partial charge in [-0.1, -0.05) is 17.7 Å². The highest BCUT2D eigenvalue weighted by molar-refractivity contribution is 6.29. The third-order valence-corrected chi connectivity index (χ3v) is 2.44. The molecular weight excluding hydrogens is 267 g/mol. The van der Waals surface area contributed by atoms with Crippen LogP contribution >= 0.6 is 11.6 Å². The fraction of sp³-hybridized carbons (Fsp3) is 0.0833. The van der Waals surface area contributed by atoms with Crippen molar-refractivity contribution >= 4 is 11.6 Å². The second-order valence-electron chi connectivity index (χ2n) is 3.48. The van der Waals surface area contributed by atoms with Gasteiger partial charge in [-0.2, -0.15) is 0 Å². The SMILES string of the molecule is Fc1ccc(COc2cnc(Cl)c(F)c2)cc1F. The molecular formula is C12H7ClF3NO. The van der Waals surface area contributed by atoms with Crippen LogP contribution in [-0.4, -0.2) is 4.98 Å². The Morgan fingerprint density at radius 3 is 2.50 bits per heavy atom. The van der Waals surface area contributed by atoms with Crippen molar-refractivity contribution in [2.24, 2.45) is 0 Å². The molecule has 0 N–H and O–H groups in total. The molecule has 18 heavy (non-hydrogen) atoms. The number of pyridine rings is 1. The second kappa shape index (κ2) is 5.27. The van der Waals surface area contributed by atoms with Crippen molar-refractivity contribution in [2.45, 2.75) is 6.61 Å². The van der Waals surface area contributed by atoms with Crippen molar-refractivity contribution in [1.82, 2.24) is 4.98 Å². The minimum absolute atomic E-state index is 0.0278. The summed E-state index contributed by atoms with van der Waals surface area (Å²) in [7, 11) is 0. The van der Waals surface area contributed by atoms with Crippen molar-refractivity contribution in [3.63, 3.8) is 0 Å². The highest BCUT2D eigenvalue weighted by Gasteiger charge is 2.05. The van der Waals surface area contributed by atoms with Crippen LogP contribution in [0.5, 0.6) is 5.75 Å². The molecule has 6 heteroatoms. The number of ether oxygens (including phenoxy) is 1. The van der Waals surface area contributed by atoms with E-state index < -0.39 is 17.5 Å². The van der Waals surface area contributed by atoms with Gasteiger partial charge in [0.05, 0.1) is 6.20 Å². The average molecular weight is 274 g/mol. The summed E-state index contributed by atoms with van der Waals surface area (Å²) in [6.45, 7) is -0.0278. The summed E-state index contributed by atoms with van der Waals surface area (Å²) in [6, 6.07) is 4.44. The molecule has 0 fully saturated rings. The third-order valence-electron chi connectivity index (χ3n) is 2.16. The maximum absolute atomic E-state index is 13.0. The van der Waals surface area contributed by atoms with E-state index in [1.807, 2.05) is 0 Å². The molecule has 2 aromatic rings. The van der Waals surface area contributed by atoms with Crippen LogP contribution < -0.4 is 4.74 Å². The molecule has 1 heterocycles. The summed E-state index contributed by atoms with van der Waals surface area (Å²) < 4.78 is 43.8. The second-order valence-corrected chi connectivity index (χ2v) is 3.84. The lowest BCUT2D eigenvalue weighted by atomic mass is 10.2. The first-order chi connectivity index (χ1) is 8.56. The molecule has 0 saturated heterocycles. The lowest BCUT2D eigenvalue weighted by Gasteiger charge is -2.06. The van der Waals surface area contributed by atoms with Crippen molar-refractivity contribution < 1.29 is 17.9 Å². The molecule has 0 atom stereocenters. The summed E-state index contributed by atoms with van der Waals surface area (Å²) in [5, 5.41) is -0.254. The number of aromatic nitrogens is 1. The summed E-state index contributed by atoms with van der Waals surface area (Å²) in [4.78, 5) is 3.55. The van der Waals surface area contributed by atoms with E-state index in [1.54, 1.807) is 0 Å². The monoisotopic (exact) mass is 273 g/mol. The molecule has 0 amide bonds. The number of halogens is 4. The van der Waals surface area contributed by atoms with Crippen molar-refractivity contribution in [3.8, 4) is 5.75 Å². The maximum Gasteiger partial charge on any atom is 0.164 e. The Hall–Kier alpha value is -1.75. The normalized spacial score (nSPS) is 10.4. The number of rotatable bonds is 3. The van der Waals surface area contributed by atoms with Gasteiger partial charge in [0.25, 0.3) is 0 Å². The number of hydrogen-bond donors (Lipinski definition) is 0. The van der Waals surface area contributed by atoms with E-state index >= 15 is 0 Å². The molecule has 0 bridgehead atoms. The van der Waals surface area contributed by atoms with Gasteiger partial charge in [0.15, 0.2) is 22.6 Å². The number of nitrogens with zero attached hydrogens (tertiary/aromatic N) is 1. The van der Waals surface area contributed by atoms with Gasteiger partial charge < -0.3 is 4.74 Å². The highest BCUT2D eigenvalue weighted by Crippen LogP contribution is 2.18. The van der Waals surface area contributed by atoms with E-state index in [0.717, 1.165) is 18.2 Å². The Morgan fingerprint density at radius 1 is 1.06 bits per heavy atom. The van der Waals surface area contributed by atoms with Crippen LogP contribution in [0, 0.1) is 17.5 Å². The average Bonchev–Trinajstić information content (AvgIpc) is 2.35. The lowest BCUT2D eigenvalue weighted by molar-refractivity contribution is 0.302. The van der Waals surface area contributed by atoms with Crippen LogP contribution in [0.3, 0.4) is 0 Å². The van der Waals surface area contributed by atoms with Gasteiger partial charge in [-0.3, -0.25) is 0 Å². The number of hydrogen-bond acceptors (Lipinski definition) is 2. The summed E-state index contributed by atoms with van der Waals surface area (Å²) >= 11 is 5.40. The van der Waals surface area contributed by atoms with E-state index in [0.29, 0.717) is 5.56 Å². The first-order valence-corrected chi connectivity index (χ1v) is 5.32. The Bertz CT molecular complexity index is 526. The first-order valence-electron chi connectivity index (χ1n) is 4.94. The van der Waals surface area contributed by atoms with E-state index in [2.05, 4.69) is 4.98 Å². The highest BCUT2D eigenvalue weighted by atomic mass is 35.5. The van der Waals surface area contributed by atoms with E-state index in [4.69, 9.17) is 16.3 Å². The molecule has 0 spiro atoms. The Balaban J connectivity index is 2.06. The molecule has 1 aromatic carbocycles. The van der Waals surface area contributed by atoms with Gasteiger partial charge >= 0.3 is 0 Å². The zero-order valence-corrected chi connectivity index (χ0v) is 9.72. The zero-order valence-electron chi connectivity index (χ0n) is 8.96. The van der Waals surface area contributed by atoms with Gasteiger partial charge in [0, 0.05) is 6.07 Å². The largest absolute Gasteiger partial charge is 0.487 e. The fourth-order valence-corrected chi connectivity index (χ4v) is 1.38. The molecule has 0 unspecified atom stereocenters. The molecule has 2 rings (SSSR count). The lowest BCUT2D eigenvalue weighted by Crippen LogP contribution is -1.98. The maximum atomic E-state index is 13.0. The molecule has 94 valence electrons. The Morgan fingerprint density at radius 2 is 1.83 bits per heavy atom. The summed E-state index contributed by atoms with van der Waals surface area (Å²) in [6.07, 6.45) is 1.24. The van der Waals surface area contributed by atoms with Crippen LogP contribution in [0.2, 0.25) is 5.15 Å². The number of benzene rings is 1. The van der Waals surface area contributed by atoms with Gasteiger partial charge in [-0.05, 0) is 17.7 Å². The molecule has 0 radical (unpaired) electrons. The van der Waals surface area contributed by atoms with Gasteiger partial charge in [-0.15, -0.1) is 0 Å². The van der Waals surface area contributed by atoms with Crippen LogP contribution in [0.4, 0.5) is 13.2 Å². The van der Waals surface area contributed by atoms with Crippen LogP contribution in [-0.2, 0) is 6.61 Å². The van der Waals surface area contributed by atoms with Crippen LogP contribution in [0.15, 0.2) is 30.5 Å². The molecule has 2 nitrogen and oxygen atoms in total. The molecule has 0 aliphatic rings. The zero-order chi connectivity index (χ0) is 13.1. The van der Waals surface area contributed by atoms with Gasteiger partial charge in [0.2, 0.25) is 0 Å². The smallest absolute Gasteiger partial charge is 0.164 e. The van der Waals surface area contributed by atoms with Crippen molar-refractivity contribution in [2.75, 3.05) is 0 Å². The first kappa shape index (κ1) is 12.7. The van der Waals surface area contributed by atoms with E-state index in [9.17, 15) is 13.2 Å². The van der Waals surface area contributed by atoms with Crippen LogP contribution in [0.25, 0.3) is 0 Å². The van der Waals surface area contributed by atoms with Gasteiger partial charge in [0.1, 0.15) is 12.4 Å². The summed E-state index contributed by atoms with van der Waals surface area (Å²) in [5.74, 6) is -2.45. The molecule has 0 saturated carbocycles. The van der Waals surface area contributed by atoms with Gasteiger partial charge in [-0.25, -0.2) is 18.2 Å². The third kappa shape index (κ3) is 2.92. The Kier molecular flexibility index (Phi) is 3.72. The molecule has 0 aliphatic carbocycles. The van der Waals surface area contributed by atoms with Crippen molar-refractivity contribution in [3.05, 3.63) is 58.6 Å².